The molecule has 0 aliphatic carbocycles. The maximum Gasteiger partial charge on any atom is 0.308 e. The molecule has 0 saturated carbocycles. The summed E-state index contributed by atoms with van der Waals surface area (Å²) in [7, 11) is 0. The molecular formula is C15H14ClN3O4S. The number of amides is 2. The number of carbonyl (C=O) groups excluding carboxylic acids is 3. The minimum atomic E-state index is -0.590. The standard InChI is InChI=1S/C15H14ClN3O4S/c16-14-11(2-1-5-17-14)19-12(20)8-23-13(21)3-6-18-15(22)10-4-7-24-9-10/h1-2,4-5,7,9H,3,6,8H2,(H,18,22)(H,19,20). The molecule has 2 heterocycles. The number of carbonyl (C=O) groups is 3. The van der Waals surface area contributed by atoms with Gasteiger partial charge < -0.3 is 15.4 Å². The zero-order valence-corrected chi connectivity index (χ0v) is 14.0. The second kappa shape index (κ2) is 8.99. The van der Waals surface area contributed by atoms with Crippen molar-refractivity contribution in [1.82, 2.24) is 10.3 Å². The smallest absolute Gasteiger partial charge is 0.308 e. The zero-order valence-electron chi connectivity index (χ0n) is 12.5. The van der Waals surface area contributed by atoms with E-state index in [0.717, 1.165) is 0 Å². The van der Waals surface area contributed by atoms with E-state index in [9.17, 15) is 14.4 Å². The Labute approximate surface area is 147 Å². The van der Waals surface area contributed by atoms with Gasteiger partial charge in [0.2, 0.25) is 0 Å². The first-order valence-electron chi connectivity index (χ1n) is 6.92. The minimum Gasteiger partial charge on any atom is -0.456 e. The molecule has 0 radical (unpaired) electrons. The Bertz CT molecular complexity index is 721. The Morgan fingerprint density at radius 3 is 2.83 bits per heavy atom. The van der Waals surface area contributed by atoms with Crippen LogP contribution in [0.2, 0.25) is 5.15 Å². The van der Waals surface area contributed by atoms with Gasteiger partial charge in [-0.25, -0.2) is 4.98 Å². The number of nitrogens with one attached hydrogen (secondary N) is 2. The number of nitrogens with zero attached hydrogens (tertiary/aromatic N) is 1. The highest BCUT2D eigenvalue weighted by atomic mass is 35.5. The summed E-state index contributed by atoms with van der Waals surface area (Å²) in [5.41, 5.74) is 0.879. The molecule has 0 spiro atoms. The van der Waals surface area contributed by atoms with Crippen molar-refractivity contribution in [2.24, 2.45) is 0 Å². The molecule has 0 aromatic carbocycles. The molecule has 0 bridgehead atoms. The molecule has 0 unspecified atom stereocenters. The lowest BCUT2D eigenvalue weighted by atomic mass is 10.3. The monoisotopic (exact) mass is 367 g/mol. The maximum absolute atomic E-state index is 11.7. The largest absolute Gasteiger partial charge is 0.456 e. The van der Waals surface area contributed by atoms with Crippen LogP contribution in [0.1, 0.15) is 16.8 Å². The van der Waals surface area contributed by atoms with Crippen molar-refractivity contribution in [2.75, 3.05) is 18.5 Å². The lowest BCUT2D eigenvalue weighted by molar-refractivity contribution is -0.147. The first kappa shape index (κ1) is 17.9. The van der Waals surface area contributed by atoms with Crippen LogP contribution in [0.4, 0.5) is 5.69 Å². The number of rotatable bonds is 7. The van der Waals surface area contributed by atoms with E-state index in [4.69, 9.17) is 16.3 Å². The summed E-state index contributed by atoms with van der Waals surface area (Å²) in [6.07, 6.45) is 1.46. The molecule has 7 nitrogen and oxygen atoms in total. The van der Waals surface area contributed by atoms with Crippen LogP contribution >= 0.6 is 22.9 Å². The number of pyridine rings is 1. The number of thiophene rings is 1. The summed E-state index contributed by atoms with van der Waals surface area (Å²) in [5.74, 6) is -1.37. The van der Waals surface area contributed by atoms with Gasteiger partial charge in [-0.3, -0.25) is 14.4 Å². The number of halogens is 1. The zero-order chi connectivity index (χ0) is 17.4. The molecule has 0 saturated heterocycles. The summed E-state index contributed by atoms with van der Waals surface area (Å²) in [4.78, 5) is 38.7. The van der Waals surface area contributed by atoms with Crippen LogP contribution in [0.3, 0.4) is 0 Å². The molecule has 24 heavy (non-hydrogen) atoms. The maximum atomic E-state index is 11.7. The Morgan fingerprint density at radius 1 is 1.29 bits per heavy atom. The molecular weight excluding hydrogens is 354 g/mol. The fraction of sp³-hybridized carbons (Fsp3) is 0.200. The van der Waals surface area contributed by atoms with E-state index >= 15 is 0 Å². The predicted octanol–water partition coefficient (Wildman–Crippen LogP) is 2.10. The summed E-state index contributed by atoms with van der Waals surface area (Å²) in [6, 6.07) is 4.88. The van der Waals surface area contributed by atoms with Gasteiger partial charge in [0.25, 0.3) is 11.8 Å². The van der Waals surface area contributed by atoms with Crippen molar-refractivity contribution < 1.29 is 19.1 Å². The third-order valence-electron chi connectivity index (χ3n) is 2.80. The van der Waals surface area contributed by atoms with Crippen molar-refractivity contribution in [3.8, 4) is 0 Å². The van der Waals surface area contributed by atoms with Crippen LogP contribution < -0.4 is 10.6 Å². The van der Waals surface area contributed by atoms with E-state index in [2.05, 4.69) is 15.6 Å². The Hall–Kier alpha value is -2.45. The average Bonchev–Trinajstić information content (AvgIpc) is 3.09. The predicted molar refractivity (Wildman–Crippen MR) is 90.1 cm³/mol. The lowest BCUT2D eigenvalue weighted by Gasteiger charge is -2.07. The number of anilines is 1. The van der Waals surface area contributed by atoms with Crippen molar-refractivity contribution in [3.05, 3.63) is 45.9 Å². The third kappa shape index (κ3) is 5.64. The fourth-order valence-corrected chi connectivity index (χ4v) is 2.46. The van der Waals surface area contributed by atoms with Crippen LogP contribution in [0.15, 0.2) is 35.2 Å². The number of hydrogen-bond acceptors (Lipinski definition) is 6. The van der Waals surface area contributed by atoms with Gasteiger partial charge in [0.05, 0.1) is 12.1 Å². The number of esters is 1. The highest BCUT2D eigenvalue weighted by Crippen LogP contribution is 2.17. The minimum absolute atomic E-state index is 0.0309. The molecule has 2 rings (SSSR count). The molecule has 2 aromatic rings. The van der Waals surface area contributed by atoms with Crippen molar-refractivity contribution in [2.45, 2.75) is 6.42 Å². The van der Waals surface area contributed by atoms with E-state index in [1.165, 1.54) is 17.5 Å². The van der Waals surface area contributed by atoms with Crippen LogP contribution in [0.5, 0.6) is 0 Å². The van der Waals surface area contributed by atoms with Gasteiger partial charge in [-0.2, -0.15) is 11.3 Å². The van der Waals surface area contributed by atoms with Crippen LogP contribution in [0.25, 0.3) is 0 Å². The molecule has 2 amide bonds. The molecule has 2 aromatic heterocycles. The van der Waals surface area contributed by atoms with Gasteiger partial charge >= 0.3 is 5.97 Å². The van der Waals surface area contributed by atoms with Crippen molar-refractivity contribution in [3.63, 3.8) is 0 Å². The molecule has 0 aliphatic heterocycles. The SMILES string of the molecule is O=C(COC(=O)CCNC(=O)c1ccsc1)Nc1cccnc1Cl. The van der Waals surface area contributed by atoms with E-state index in [1.54, 1.807) is 29.0 Å². The number of aromatic nitrogens is 1. The fourth-order valence-electron chi connectivity index (χ4n) is 1.66. The Morgan fingerprint density at radius 2 is 2.12 bits per heavy atom. The lowest BCUT2D eigenvalue weighted by Crippen LogP contribution is -2.27. The molecule has 0 aliphatic rings. The second-order valence-corrected chi connectivity index (χ2v) is 5.71. The highest BCUT2D eigenvalue weighted by Gasteiger charge is 2.11. The summed E-state index contributed by atoms with van der Waals surface area (Å²) in [6.45, 7) is -0.313. The van der Waals surface area contributed by atoms with Crippen molar-refractivity contribution >= 4 is 46.4 Å². The second-order valence-electron chi connectivity index (χ2n) is 4.57. The molecule has 2 N–H and O–H groups in total. The van der Waals surface area contributed by atoms with Gasteiger partial charge in [0.1, 0.15) is 0 Å². The Balaban J connectivity index is 1.65. The summed E-state index contributed by atoms with van der Waals surface area (Å²) < 4.78 is 4.82. The summed E-state index contributed by atoms with van der Waals surface area (Å²) in [5, 5.41) is 8.72. The first-order valence-corrected chi connectivity index (χ1v) is 8.24. The number of hydrogen-bond donors (Lipinski definition) is 2. The normalized spacial score (nSPS) is 10.0. The van der Waals surface area contributed by atoms with Crippen LogP contribution in [0, 0.1) is 0 Å². The van der Waals surface area contributed by atoms with E-state index in [0.29, 0.717) is 11.3 Å². The topological polar surface area (TPSA) is 97.4 Å². The van der Waals surface area contributed by atoms with Crippen LogP contribution in [-0.2, 0) is 14.3 Å². The molecule has 126 valence electrons. The van der Waals surface area contributed by atoms with E-state index in [-0.39, 0.29) is 24.0 Å². The van der Waals surface area contributed by atoms with Crippen LogP contribution in [-0.4, -0.2) is 35.9 Å². The van der Waals surface area contributed by atoms with Gasteiger partial charge in [0.15, 0.2) is 11.8 Å². The quantitative estimate of drug-likeness (QED) is 0.577. The highest BCUT2D eigenvalue weighted by molar-refractivity contribution is 7.08. The molecule has 9 heteroatoms. The van der Waals surface area contributed by atoms with Gasteiger partial charge in [-0.15, -0.1) is 0 Å². The van der Waals surface area contributed by atoms with E-state index in [1.807, 2.05) is 0 Å². The van der Waals surface area contributed by atoms with Gasteiger partial charge in [-0.1, -0.05) is 11.6 Å². The molecule has 0 atom stereocenters. The number of ether oxygens (including phenoxy) is 1. The third-order valence-corrected chi connectivity index (χ3v) is 3.78. The first-order chi connectivity index (χ1) is 11.6. The van der Waals surface area contributed by atoms with Gasteiger partial charge in [0, 0.05) is 23.7 Å². The summed E-state index contributed by atoms with van der Waals surface area (Å²) >= 11 is 7.21. The van der Waals surface area contributed by atoms with E-state index < -0.39 is 18.5 Å². The van der Waals surface area contributed by atoms with Crippen molar-refractivity contribution in [1.29, 1.82) is 0 Å². The average molecular weight is 368 g/mol. The Kier molecular flexibility index (Phi) is 6.71. The molecule has 0 fully saturated rings. The van der Waals surface area contributed by atoms with Gasteiger partial charge in [-0.05, 0) is 23.6 Å².